The van der Waals surface area contributed by atoms with Crippen molar-refractivity contribution in [3.63, 3.8) is 0 Å². The molecule has 1 unspecified atom stereocenters. The quantitative estimate of drug-likeness (QED) is 0.127. The van der Waals surface area contributed by atoms with Crippen LogP contribution in [-0.2, 0) is 28.7 Å². The zero-order chi connectivity index (χ0) is 35.2. The molecule has 3 amide bonds. The number of carbonyl (C=O) groups is 4. The Morgan fingerprint density at radius 1 is 1.21 bits per heavy atom. The third-order valence-electron chi connectivity index (χ3n) is 9.81. The summed E-state index contributed by atoms with van der Waals surface area (Å²) in [5.41, 5.74) is -0.600. The molecule has 0 radical (unpaired) electrons. The molecular formula is C37H52BrN3O7. The van der Waals surface area contributed by atoms with E-state index in [0.717, 1.165) is 12.8 Å². The summed E-state index contributed by atoms with van der Waals surface area (Å²) in [6.45, 7) is 15.8. The minimum absolute atomic E-state index is 0.129. The second kappa shape index (κ2) is 16.6. The van der Waals surface area contributed by atoms with Crippen LogP contribution in [-0.4, -0.2) is 93.0 Å². The minimum atomic E-state index is -1.29. The summed E-state index contributed by atoms with van der Waals surface area (Å²) in [6.07, 6.45) is 5.02. The van der Waals surface area contributed by atoms with Crippen molar-refractivity contribution in [3.05, 3.63) is 61.2 Å². The SMILES string of the molecule is C=CCCC(=O)N[C@@H](C)[C@H](OC(=O)[C@H]1[C@@H]2O[C@@]3(CC2Br)[C@@H]1C(=O)N([C@@H](CO)CC(C)C)[C@@H]3C(=O)N(CC=C)CCCC)c1ccccc1. The van der Waals surface area contributed by atoms with Gasteiger partial charge in [0.2, 0.25) is 17.7 Å². The van der Waals surface area contributed by atoms with Crippen LogP contribution in [0, 0.1) is 17.8 Å². The highest BCUT2D eigenvalue weighted by Crippen LogP contribution is 2.61. The number of amides is 3. The van der Waals surface area contributed by atoms with E-state index in [1.54, 1.807) is 24.0 Å². The summed E-state index contributed by atoms with van der Waals surface area (Å²) in [5, 5.41) is 13.6. The summed E-state index contributed by atoms with van der Waals surface area (Å²) in [7, 11) is 0. The number of nitrogens with one attached hydrogen (secondary N) is 1. The number of carbonyl (C=O) groups excluding carboxylic acids is 4. The van der Waals surface area contributed by atoms with Gasteiger partial charge in [-0.05, 0) is 44.1 Å². The highest BCUT2D eigenvalue weighted by Gasteiger charge is 2.77. The molecule has 0 aliphatic carbocycles. The Labute approximate surface area is 293 Å². The van der Waals surface area contributed by atoms with Crippen molar-refractivity contribution in [1.82, 2.24) is 15.1 Å². The molecule has 264 valence electrons. The van der Waals surface area contributed by atoms with Gasteiger partial charge < -0.3 is 29.7 Å². The van der Waals surface area contributed by atoms with Gasteiger partial charge in [-0.25, -0.2) is 0 Å². The number of halogens is 1. The summed E-state index contributed by atoms with van der Waals surface area (Å²) < 4.78 is 13.0. The molecule has 48 heavy (non-hydrogen) atoms. The van der Waals surface area contributed by atoms with Gasteiger partial charge in [0.15, 0.2) is 0 Å². The highest BCUT2D eigenvalue weighted by molar-refractivity contribution is 9.09. The number of benzene rings is 1. The summed E-state index contributed by atoms with van der Waals surface area (Å²) in [4.78, 5) is 59.2. The van der Waals surface area contributed by atoms with Gasteiger partial charge in [0, 0.05) is 24.3 Å². The van der Waals surface area contributed by atoms with Crippen LogP contribution < -0.4 is 5.32 Å². The Balaban J connectivity index is 1.73. The van der Waals surface area contributed by atoms with Crippen molar-refractivity contribution >= 4 is 39.6 Å². The van der Waals surface area contributed by atoms with Gasteiger partial charge >= 0.3 is 5.97 Å². The summed E-state index contributed by atoms with van der Waals surface area (Å²) in [5.74, 6) is -3.34. The number of ether oxygens (including phenoxy) is 2. The predicted molar refractivity (Wildman–Crippen MR) is 187 cm³/mol. The van der Waals surface area contributed by atoms with Gasteiger partial charge in [0.05, 0.1) is 36.6 Å². The molecule has 4 rings (SSSR count). The van der Waals surface area contributed by atoms with Gasteiger partial charge in [-0.15, -0.1) is 13.2 Å². The molecule has 10 nitrogen and oxygen atoms in total. The number of hydrogen-bond acceptors (Lipinski definition) is 7. The van der Waals surface area contributed by atoms with Crippen molar-refractivity contribution < 1.29 is 33.8 Å². The fraction of sp³-hybridized carbons (Fsp3) is 0.622. The molecule has 11 heteroatoms. The van der Waals surface area contributed by atoms with Crippen molar-refractivity contribution in [2.75, 3.05) is 19.7 Å². The molecule has 3 aliphatic heterocycles. The van der Waals surface area contributed by atoms with Gasteiger partial charge in [-0.3, -0.25) is 19.2 Å². The number of allylic oxidation sites excluding steroid dienone is 1. The van der Waals surface area contributed by atoms with Crippen molar-refractivity contribution in [2.24, 2.45) is 17.8 Å². The normalized spacial score (nSPS) is 27.7. The van der Waals surface area contributed by atoms with Crippen LogP contribution in [0.3, 0.4) is 0 Å². The Morgan fingerprint density at radius 3 is 2.52 bits per heavy atom. The third kappa shape index (κ3) is 7.58. The Morgan fingerprint density at radius 2 is 1.92 bits per heavy atom. The van der Waals surface area contributed by atoms with Gasteiger partial charge in [0.1, 0.15) is 17.7 Å². The van der Waals surface area contributed by atoms with Crippen LogP contribution in [0.2, 0.25) is 0 Å². The average Bonchev–Trinajstić information content (AvgIpc) is 3.66. The fourth-order valence-corrected chi connectivity index (χ4v) is 8.68. The van der Waals surface area contributed by atoms with E-state index in [9.17, 15) is 24.3 Å². The van der Waals surface area contributed by atoms with Crippen LogP contribution >= 0.6 is 15.9 Å². The lowest BCUT2D eigenvalue weighted by Crippen LogP contribution is -2.59. The number of hydrogen-bond donors (Lipinski definition) is 2. The van der Waals surface area contributed by atoms with E-state index in [2.05, 4.69) is 34.4 Å². The fourth-order valence-electron chi connectivity index (χ4n) is 7.74. The summed E-state index contributed by atoms with van der Waals surface area (Å²) >= 11 is 3.73. The first-order chi connectivity index (χ1) is 22.9. The molecular weight excluding hydrogens is 678 g/mol. The first-order valence-corrected chi connectivity index (χ1v) is 18.2. The number of fused-ring (bicyclic) bond motifs is 1. The molecule has 1 aromatic rings. The first kappa shape index (κ1) is 37.8. The van der Waals surface area contributed by atoms with Crippen LogP contribution in [0.15, 0.2) is 55.6 Å². The largest absolute Gasteiger partial charge is 0.455 e. The Hall–Kier alpha value is -3.02. The lowest BCUT2D eigenvalue weighted by molar-refractivity contribution is -0.162. The molecule has 0 aromatic heterocycles. The highest BCUT2D eigenvalue weighted by atomic mass is 79.9. The molecule has 3 heterocycles. The molecule has 3 fully saturated rings. The first-order valence-electron chi connectivity index (χ1n) is 17.3. The van der Waals surface area contributed by atoms with E-state index in [0.29, 0.717) is 37.9 Å². The number of nitrogens with zero attached hydrogens (tertiary/aromatic N) is 2. The maximum atomic E-state index is 14.7. The minimum Gasteiger partial charge on any atom is -0.455 e. The molecule has 3 aliphatic rings. The number of rotatable bonds is 18. The molecule has 0 saturated carbocycles. The van der Waals surface area contributed by atoms with Crippen molar-refractivity contribution in [2.45, 2.75) is 107 Å². The molecule has 9 atom stereocenters. The van der Waals surface area contributed by atoms with E-state index >= 15 is 0 Å². The molecule has 1 spiro atoms. The number of aliphatic hydroxyl groups is 1. The average molecular weight is 731 g/mol. The second-order valence-corrected chi connectivity index (χ2v) is 14.9. The number of alkyl halides is 1. The van der Waals surface area contributed by atoms with Crippen molar-refractivity contribution in [3.8, 4) is 0 Å². The van der Waals surface area contributed by atoms with Crippen LogP contribution in [0.25, 0.3) is 0 Å². The molecule has 3 saturated heterocycles. The van der Waals surface area contributed by atoms with Crippen LogP contribution in [0.4, 0.5) is 0 Å². The van der Waals surface area contributed by atoms with E-state index in [1.807, 2.05) is 51.1 Å². The Bertz CT molecular complexity index is 1330. The van der Waals surface area contributed by atoms with Crippen molar-refractivity contribution in [1.29, 1.82) is 0 Å². The monoisotopic (exact) mass is 729 g/mol. The molecule has 2 bridgehead atoms. The van der Waals surface area contributed by atoms with Gasteiger partial charge in [-0.2, -0.15) is 0 Å². The lowest BCUT2D eigenvalue weighted by Gasteiger charge is -2.39. The number of unbranched alkanes of at least 4 members (excludes halogenated alkanes) is 1. The van der Waals surface area contributed by atoms with Crippen LogP contribution in [0.1, 0.15) is 77.9 Å². The predicted octanol–water partition coefficient (Wildman–Crippen LogP) is 4.71. The maximum absolute atomic E-state index is 14.7. The second-order valence-electron chi connectivity index (χ2n) is 13.8. The number of aliphatic hydroxyl groups excluding tert-OH is 1. The van der Waals surface area contributed by atoms with E-state index < -0.39 is 53.7 Å². The van der Waals surface area contributed by atoms with Gasteiger partial charge in [-0.1, -0.05) is 85.6 Å². The third-order valence-corrected chi connectivity index (χ3v) is 10.7. The smallest absolute Gasteiger partial charge is 0.313 e. The zero-order valence-electron chi connectivity index (χ0n) is 28.7. The summed E-state index contributed by atoms with van der Waals surface area (Å²) in [6, 6.07) is 6.93. The standard InChI is InChI=1S/C37H52BrN3O7/c1-7-10-17-28(43)39-24(6)31(25-15-13-12-14-16-25)47-36(46)29-30-34(44)41(26(22-42)20-23(4)5)33(37(30)21-27(38)32(29)48-37)35(45)40(18-9-3)19-11-8-2/h7,9,12-16,23-24,26-27,29-33,42H,1,3,8,10-11,17-22H2,2,4-6H3,(H,39,43)/t24-,26+,27?,29+,30-,31-,32+,33+,37-/m0/s1. The van der Waals surface area contributed by atoms with Crippen LogP contribution in [0.5, 0.6) is 0 Å². The van der Waals surface area contributed by atoms with E-state index in [1.165, 1.54) is 4.90 Å². The van der Waals surface area contributed by atoms with E-state index in [4.69, 9.17) is 9.47 Å². The Kier molecular flexibility index (Phi) is 13.1. The number of esters is 1. The maximum Gasteiger partial charge on any atom is 0.313 e. The van der Waals surface area contributed by atoms with Gasteiger partial charge in [0.25, 0.3) is 0 Å². The molecule has 2 N–H and O–H groups in total. The topological polar surface area (TPSA) is 125 Å². The zero-order valence-corrected chi connectivity index (χ0v) is 30.3. The number of likely N-dealkylation sites (tertiary alicyclic amines) is 1. The van der Waals surface area contributed by atoms with E-state index in [-0.39, 0.29) is 41.5 Å². The lowest BCUT2D eigenvalue weighted by atomic mass is 9.70. The molecule has 1 aromatic carbocycles.